The van der Waals surface area contributed by atoms with Gasteiger partial charge in [-0.25, -0.2) is 4.39 Å². The van der Waals surface area contributed by atoms with E-state index in [0.29, 0.717) is 23.8 Å². The number of nitrogens with zero attached hydrogens (tertiary/aromatic N) is 1. The summed E-state index contributed by atoms with van der Waals surface area (Å²) in [7, 11) is 0. The number of nitrogens with two attached hydrogens (primary N) is 1. The number of rotatable bonds is 4. The molecule has 1 atom stereocenters. The fourth-order valence-electron chi connectivity index (χ4n) is 2.73. The molecule has 1 saturated heterocycles. The highest BCUT2D eigenvalue weighted by molar-refractivity contribution is 6.30. The molecule has 4 nitrogen and oxygen atoms in total. The highest BCUT2D eigenvalue weighted by atomic mass is 35.5. The lowest BCUT2D eigenvalue weighted by atomic mass is 9.86. The lowest BCUT2D eigenvalue weighted by molar-refractivity contribution is -0.0242. The first-order valence-electron chi connectivity index (χ1n) is 6.70. The smallest absolute Gasteiger partial charge is 0.129 e. The minimum absolute atomic E-state index is 0.335. The average molecular weight is 302 g/mol. The van der Waals surface area contributed by atoms with Crippen LogP contribution in [0, 0.1) is 5.82 Å². The van der Waals surface area contributed by atoms with Crippen molar-refractivity contribution in [2.75, 3.05) is 26.3 Å². The molecule has 1 aromatic rings. The van der Waals surface area contributed by atoms with Crippen LogP contribution in [0.15, 0.2) is 18.2 Å². The van der Waals surface area contributed by atoms with Gasteiger partial charge < -0.3 is 4.74 Å². The molecular formula is C14H21ClFN3O. The molecule has 1 aliphatic heterocycles. The van der Waals surface area contributed by atoms with Crippen molar-refractivity contribution in [2.45, 2.75) is 25.4 Å². The van der Waals surface area contributed by atoms with Gasteiger partial charge >= 0.3 is 0 Å². The highest BCUT2D eigenvalue weighted by Gasteiger charge is 2.37. The Labute approximate surface area is 124 Å². The Morgan fingerprint density at radius 1 is 1.40 bits per heavy atom. The lowest BCUT2D eigenvalue weighted by Crippen LogP contribution is -2.57. The maximum atomic E-state index is 14.2. The minimum Gasteiger partial charge on any atom is -0.379 e. The molecule has 0 aliphatic carbocycles. The first-order chi connectivity index (χ1) is 9.46. The number of hydrazine groups is 1. The summed E-state index contributed by atoms with van der Waals surface area (Å²) in [5, 5.41) is 0.381. The predicted octanol–water partition coefficient (Wildman–Crippen LogP) is 2.09. The zero-order valence-corrected chi connectivity index (χ0v) is 12.6. The molecule has 1 aliphatic rings. The molecule has 1 fully saturated rings. The Morgan fingerprint density at radius 2 is 2.05 bits per heavy atom. The summed E-state index contributed by atoms with van der Waals surface area (Å²) < 4.78 is 19.5. The van der Waals surface area contributed by atoms with Crippen LogP contribution in [0.5, 0.6) is 0 Å². The van der Waals surface area contributed by atoms with Gasteiger partial charge in [0, 0.05) is 29.2 Å². The fraction of sp³-hybridized carbons (Fsp3) is 0.571. The molecule has 1 heterocycles. The highest BCUT2D eigenvalue weighted by Crippen LogP contribution is 2.33. The Kier molecular flexibility index (Phi) is 4.99. The molecule has 1 aromatic carbocycles. The van der Waals surface area contributed by atoms with Crippen LogP contribution >= 0.6 is 11.6 Å². The molecule has 1 unspecified atom stereocenters. The van der Waals surface area contributed by atoms with E-state index >= 15 is 0 Å². The number of nitrogens with one attached hydrogen (secondary N) is 1. The van der Waals surface area contributed by atoms with Crippen molar-refractivity contribution < 1.29 is 9.13 Å². The summed E-state index contributed by atoms with van der Waals surface area (Å²) in [6.45, 7) is 7.09. The van der Waals surface area contributed by atoms with E-state index in [-0.39, 0.29) is 17.4 Å². The Balaban J connectivity index is 2.29. The molecule has 2 rings (SSSR count). The molecule has 0 aromatic heterocycles. The van der Waals surface area contributed by atoms with Crippen molar-refractivity contribution in [2.24, 2.45) is 5.84 Å². The number of hydrogen-bond acceptors (Lipinski definition) is 4. The van der Waals surface area contributed by atoms with Gasteiger partial charge in [0.15, 0.2) is 0 Å². The quantitative estimate of drug-likeness (QED) is 0.660. The second-order valence-electron chi connectivity index (χ2n) is 5.52. The van der Waals surface area contributed by atoms with Crippen LogP contribution in [-0.4, -0.2) is 36.7 Å². The van der Waals surface area contributed by atoms with Crippen molar-refractivity contribution in [1.29, 1.82) is 0 Å². The number of benzene rings is 1. The van der Waals surface area contributed by atoms with Gasteiger partial charge in [0.2, 0.25) is 0 Å². The molecule has 0 radical (unpaired) electrons. The third-order valence-electron chi connectivity index (χ3n) is 3.97. The fourth-order valence-corrected chi connectivity index (χ4v) is 2.89. The van der Waals surface area contributed by atoms with Crippen molar-refractivity contribution in [1.82, 2.24) is 10.3 Å². The SMILES string of the molecule is CC(C)(C(NN)c1ccc(Cl)cc1F)N1CCOCC1. The van der Waals surface area contributed by atoms with Crippen LogP contribution in [-0.2, 0) is 4.74 Å². The van der Waals surface area contributed by atoms with Gasteiger partial charge in [0.25, 0.3) is 0 Å². The number of morpholine rings is 1. The van der Waals surface area contributed by atoms with Gasteiger partial charge in [-0.05, 0) is 26.0 Å². The third-order valence-corrected chi connectivity index (χ3v) is 4.21. The van der Waals surface area contributed by atoms with E-state index in [9.17, 15) is 4.39 Å². The molecule has 6 heteroatoms. The van der Waals surface area contributed by atoms with Gasteiger partial charge in [0.1, 0.15) is 5.82 Å². The van der Waals surface area contributed by atoms with E-state index in [1.807, 2.05) is 0 Å². The minimum atomic E-state index is -0.346. The van der Waals surface area contributed by atoms with Gasteiger partial charge in [0.05, 0.1) is 19.3 Å². The van der Waals surface area contributed by atoms with Gasteiger partial charge in [-0.15, -0.1) is 0 Å². The van der Waals surface area contributed by atoms with Gasteiger partial charge in [-0.3, -0.25) is 16.2 Å². The summed E-state index contributed by atoms with van der Waals surface area (Å²) in [5.41, 5.74) is 2.93. The Hall–Kier alpha value is -0.720. The van der Waals surface area contributed by atoms with Crippen LogP contribution in [0.4, 0.5) is 4.39 Å². The molecule has 3 N–H and O–H groups in total. The van der Waals surface area contributed by atoms with Crippen molar-refractivity contribution >= 4 is 11.6 Å². The second-order valence-corrected chi connectivity index (χ2v) is 5.96. The summed E-state index contributed by atoms with van der Waals surface area (Å²) in [6.07, 6.45) is 0. The largest absolute Gasteiger partial charge is 0.379 e. The van der Waals surface area contributed by atoms with Crippen LogP contribution in [0.1, 0.15) is 25.5 Å². The van der Waals surface area contributed by atoms with E-state index in [1.54, 1.807) is 12.1 Å². The number of halogens is 2. The van der Waals surface area contributed by atoms with Crippen molar-refractivity contribution in [3.8, 4) is 0 Å². The van der Waals surface area contributed by atoms with Crippen LogP contribution in [0.2, 0.25) is 5.02 Å². The van der Waals surface area contributed by atoms with E-state index in [2.05, 4.69) is 24.2 Å². The molecule has 0 saturated carbocycles. The van der Waals surface area contributed by atoms with E-state index in [1.165, 1.54) is 6.07 Å². The van der Waals surface area contributed by atoms with Crippen molar-refractivity contribution in [3.05, 3.63) is 34.6 Å². The summed E-state index contributed by atoms with van der Waals surface area (Å²) in [5.74, 6) is 5.35. The molecule has 0 amide bonds. The third kappa shape index (κ3) is 3.13. The molecule has 0 bridgehead atoms. The standard InChI is InChI=1S/C14H21ClFN3O/c1-14(2,19-5-7-20-8-6-19)13(18-17)11-4-3-10(15)9-12(11)16/h3-4,9,13,18H,5-8,17H2,1-2H3. The zero-order chi connectivity index (χ0) is 14.8. The summed E-state index contributed by atoms with van der Waals surface area (Å²) in [4.78, 5) is 2.26. The van der Waals surface area contributed by atoms with Gasteiger partial charge in [-0.1, -0.05) is 17.7 Å². The maximum Gasteiger partial charge on any atom is 0.129 e. The molecular weight excluding hydrogens is 281 g/mol. The number of ether oxygens (including phenoxy) is 1. The molecule has 0 spiro atoms. The van der Waals surface area contributed by atoms with Gasteiger partial charge in [-0.2, -0.15) is 0 Å². The summed E-state index contributed by atoms with van der Waals surface area (Å²) in [6, 6.07) is 4.35. The predicted molar refractivity (Wildman–Crippen MR) is 77.9 cm³/mol. The molecule has 20 heavy (non-hydrogen) atoms. The van der Waals surface area contributed by atoms with Crippen LogP contribution in [0.25, 0.3) is 0 Å². The normalized spacial score (nSPS) is 19.1. The molecule has 112 valence electrons. The topological polar surface area (TPSA) is 50.5 Å². The van der Waals surface area contributed by atoms with E-state index in [0.717, 1.165) is 13.1 Å². The zero-order valence-electron chi connectivity index (χ0n) is 11.8. The number of hydrogen-bond donors (Lipinski definition) is 2. The van der Waals surface area contributed by atoms with Crippen LogP contribution < -0.4 is 11.3 Å². The van der Waals surface area contributed by atoms with E-state index in [4.69, 9.17) is 22.2 Å². The Morgan fingerprint density at radius 3 is 2.60 bits per heavy atom. The first kappa shape index (κ1) is 15.7. The average Bonchev–Trinajstić information content (AvgIpc) is 2.43. The second kappa shape index (κ2) is 6.37. The maximum absolute atomic E-state index is 14.2. The summed E-state index contributed by atoms with van der Waals surface area (Å²) >= 11 is 5.81. The lowest BCUT2D eigenvalue weighted by Gasteiger charge is -2.45. The van der Waals surface area contributed by atoms with E-state index < -0.39 is 0 Å². The monoisotopic (exact) mass is 301 g/mol. The van der Waals surface area contributed by atoms with Crippen molar-refractivity contribution in [3.63, 3.8) is 0 Å². The van der Waals surface area contributed by atoms with Crippen LogP contribution in [0.3, 0.4) is 0 Å². The Bertz CT molecular complexity index is 464. The first-order valence-corrected chi connectivity index (χ1v) is 7.08.